The van der Waals surface area contributed by atoms with Crippen molar-refractivity contribution in [3.05, 3.63) is 164 Å². The highest BCUT2D eigenvalue weighted by atomic mass is 35.5. The van der Waals surface area contributed by atoms with Crippen molar-refractivity contribution in [3.8, 4) is 0 Å². The minimum absolute atomic E-state index is 0.105. The molecule has 2 unspecified atom stereocenters. The van der Waals surface area contributed by atoms with E-state index >= 15 is 0 Å². The summed E-state index contributed by atoms with van der Waals surface area (Å²) in [5.74, 6) is 0.209. The van der Waals surface area contributed by atoms with Gasteiger partial charge in [-0.1, -0.05) is 47.5 Å². The number of hydrogen-bond donors (Lipinski definition) is 2. The van der Waals surface area contributed by atoms with Crippen LogP contribution < -0.4 is 0 Å². The lowest BCUT2D eigenvalue weighted by Crippen LogP contribution is -2.50. The van der Waals surface area contributed by atoms with E-state index < -0.39 is 0 Å². The molecule has 2 atom stereocenters. The molecule has 0 radical (unpaired) electrons. The van der Waals surface area contributed by atoms with Gasteiger partial charge in [-0.25, -0.2) is 9.97 Å². The normalized spacial score (nSPS) is 19.3. The summed E-state index contributed by atoms with van der Waals surface area (Å²) < 4.78 is 0. The first-order valence-electron chi connectivity index (χ1n) is 21.8. The molecule has 0 saturated carbocycles. The number of nitrogens with zero attached hydrogens (tertiary/aromatic N) is 8. The average Bonchev–Trinajstić information content (AvgIpc) is 3.97. The quantitative estimate of drug-likeness (QED) is 0.156. The van der Waals surface area contributed by atoms with Crippen LogP contribution >= 0.6 is 23.2 Å². The molecule has 2 saturated heterocycles. The molecule has 10 rings (SSSR count). The van der Waals surface area contributed by atoms with Crippen LogP contribution in [-0.4, -0.2) is 114 Å². The van der Waals surface area contributed by atoms with Crippen LogP contribution in [0.4, 0.5) is 0 Å². The Bertz CT molecular complexity index is 2370. The maximum atomic E-state index is 12.7. The Balaban J connectivity index is 0.000000156. The molecule has 2 aromatic carbocycles. The summed E-state index contributed by atoms with van der Waals surface area (Å²) >= 11 is 12.7. The van der Waals surface area contributed by atoms with Crippen molar-refractivity contribution in [3.63, 3.8) is 0 Å². The van der Waals surface area contributed by atoms with E-state index in [9.17, 15) is 4.79 Å². The van der Waals surface area contributed by atoms with Crippen LogP contribution in [0.5, 0.6) is 0 Å². The number of H-pyrrole nitrogens is 2. The molecule has 2 aliphatic heterocycles. The first-order chi connectivity index (χ1) is 30.0. The van der Waals surface area contributed by atoms with Gasteiger partial charge in [0.2, 0.25) is 5.91 Å². The Labute approximate surface area is 368 Å². The molecule has 2 fully saturated rings. The van der Waals surface area contributed by atoms with Gasteiger partial charge < -0.3 is 19.8 Å². The molecule has 0 bridgehead atoms. The van der Waals surface area contributed by atoms with Gasteiger partial charge in [-0.15, -0.1) is 0 Å². The highest BCUT2D eigenvalue weighted by Crippen LogP contribution is 2.39. The Morgan fingerprint density at radius 1 is 0.623 bits per heavy atom. The lowest BCUT2D eigenvalue weighted by atomic mass is 9.96. The number of imidazole rings is 2. The molecule has 2 aliphatic carbocycles. The fraction of sp³-hybridized carbons (Fsp3) is 0.396. The molecule has 316 valence electrons. The molecule has 0 spiro atoms. The largest absolute Gasteiger partial charge is 0.348 e. The van der Waals surface area contributed by atoms with Crippen molar-refractivity contribution in [2.24, 2.45) is 0 Å². The summed E-state index contributed by atoms with van der Waals surface area (Å²) in [4.78, 5) is 46.4. The number of nitrogens with one attached hydrogen (secondary N) is 2. The van der Waals surface area contributed by atoms with Gasteiger partial charge in [0.15, 0.2) is 0 Å². The molecule has 4 aliphatic rings. The molecule has 6 aromatic rings. The maximum absolute atomic E-state index is 12.7. The van der Waals surface area contributed by atoms with E-state index in [0.717, 1.165) is 119 Å². The zero-order chi connectivity index (χ0) is 41.5. The van der Waals surface area contributed by atoms with E-state index in [4.69, 9.17) is 33.2 Å². The van der Waals surface area contributed by atoms with Crippen LogP contribution in [0.3, 0.4) is 0 Å². The molecule has 11 nitrogen and oxygen atoms in total. The monoisotopic (exact) mass is 856 g/mol. The minimum Gasteiger partial charge on any atom is -0.348 e. The topological polar surface area (TPSA) is 113 Å². The van der Waals surface area contributed by atoms with Crippen LogP contribution in [0.15, 0.2) is 98.1 Å². The number of benzene rings is 2. The number of carbonyl (C=O) groups excluding carboxylic acids is 1. The Kier molecular flexibility index (Phi) is 13.2. The standard InChI is InChI=1S/C24H26ClN5O.C24H28ClN5/c25-19-5-7-21-18(14-19)4-3-17-2-1-9-27-23(17)24(21)30-12-10-29(11-13-30)22(31)8-6-20-15-26-16-28-20;25-20-7-8-22-19(15-20)6-5-18-3-1-9-27-23(18)24(22)30-13-11-29(12-14-30)10-2-4-21-16-26-17-28-21/h1-2,5,7,9,14-16,24H,3-4,6,8,10-13H2,(H,26,28);1,3,7-9,15-17,24H,2,4-6,10-14H2,(H,26,28). The predicted octanol–water partition coefficient (Wildman–Crippen LogP) is 7.32. The lowest BCUT2D eigenvalue weighted by Gasteiger charge is -2.39. The van der Waals surface area contributed by atoms with E-state index in [1.54, 1.807) is 18.9 Å². The zero-order valence-corrected chi connectivity index (χ0v) is 36.2. The van der Waals surface area contributed by atoms with Crippen LogP contribution in [0.2, 0.25) is 10.0 Å². The molecule has 2 N–H and O–H groups in total. The second-order valence-electron chi connectivity index (χ2n) is 16.6. The van der Waals surface area contributed by atoms with Gasteiger partial charge in [0.1, 0.15) is 0 Å². The maximum Gasteiger partial charge on any atom is 0.223 e. The summed E-state index contributed by atoms with van der Waals surface area (Å²) in [6.45, 7) is 8.61. The van der Waals surface area contributed by atoms with Gasteiger partial charge in [0.25, 0.3) is 0 Å². The zero-order valence-electron chi connectivity index (χ0n) is 34.7. The third-order valence-electron chi connectivity index (χ3n) is 12.9. The van der Waals surface area contributed by atoms with Crippen molar-refractivity contribution >= 4 is 29.1 Å². The number of fused-ring (bicyclic) bond motifs is 4. The van der Waals surface area contributed by atoms with Crippen LogP contribution in [-0.2, 0) is 43.3 Å². The summed E-state index contributed by atoms with van der Waals surface area (Å²) in [6.07, 6.45) is 18.4. The molecule has 61 heavy (non-hydrogen) atoms. The third-order valence-corrected chi connectivity index (χ3v) is 13.4. The number of aromatic amines is 2. The number of halogens is 2. The molecule has 13 heteroatoms. The van der Waals surface area contributed by atoms with Crippen molar-refractivity contribution in [1.29, 1.82) is 0 Å². The highest BCUT2D eigenvalue weighted by Gasteiger charge is 2.34. The minimum atomic E-state index is 0.105. The summed E-state index contributed by atoms with van der Waals surface area (Å²) in [7, 11) is 0. The third kappa shape index (κ3) is 9.77. The van der Waals surface area contributed by atoms with Crippen LogP contribution in [0.1, 0.15) is 81.1 Å². The summed E-state index contributed by atoms with van der Waals surface area (Å²) in [5, 5.41) is 1.61. The van der Waals surface area contributed by atoms with Gasteiger partial charge >= 0.3 is 0 Å². The highest BCUT2D eigenvalue weighted by molar-refractivity contribution is 6.31. The van der Waals surface area contributed by atoms with Gasteiger partial charge in [-0.05, 0) is 121 Å². The smallest absolute Gasteiger partial charge is 0.223 e. The van der Waals surface area contributed by atoms with Gasteiger partial charge in [-0.2, -0.15) is 0 Å². The number of aryl methyl sites for hydroxylation is 6. The molecular weight excluding hydrogens is 804 g/mol. The van der Waals surface area contributed by atoms with Gasteiger partial charge in [0.05, 0.1) is 36.1 Å². The van der Waals surface area contributed by atoms with Crippen molar-refractivity contribution in [2.75, 3.05) is 58.9 Å². The van der Waals surface area contributed by atoms with Crippen LogP contribution in [0.25, 0.3) is 0 Å². The summed E-state index contributed by atoms with van der Waals surface area (Å²) in [6, 6.07) is 21.5. The Morgan fingerprint density at radius 3 is 1.66 bits per heavy atom. The van der Waals surface area contributed by atoms with Crippen molar-refractivity contribution in [1.82, 2.24) is 49.5 Å². The number of amides is 1. The van der Waals surface area contributed by atoms with E-state index in [2.05, 4.69) is 77.1 Å². The number of carbonyl (C=O) groups is 1. The first kappa shape index (κ1) is 41.4. The van der Waals surface area contributed by atoms with Gasteiger partial charge in [-0.3, -0.25) is 24.6 Å². The number of pyridine rings is 2. The van der Waals surface area contributed by atoms with E-state index in [1.807, 2.05) is 41.7 Å². The fourth-order valence-electron chi connectivity index (χ4n) is 9.71. The van der Waals surface area contributed by atoms with Crippen molar-refractivity contribution in [2.45, 2.75) is 63.5 Å². The Morgan fingerprint density at radius 2 is 1.13 bits per heavy atom. The molecule has 1 amide bonds. The molecular formula is C48H54Cl2N10O. The fourth-order valence-corrected chi connectivity index (χ4v) is 10.1. The predicted molar refractivity (Wildman–Crippen MR) is 240 cm³/mol. The Hall–Kier alpha value is -4.91. The second kappa shape index (κ2) is 19.4. The number of piperazine rings is 2. The van der Waals surface area contributed by atoms with Crippen molar-refractivity contribution < 1.29 is 4.79 Å². The number of aromatic nitrogens is 6. The van der Waals surface area contributed by atoms with Gasteiger partial charge in [0, 0.05) is 105 Å². The van der Waals surface area contributed by atoms with E-state index in [1.165, 1.54) is 44.8 Å². The molecule has 4 aromatic heterocycles. The average molecular weight is 858 g/mol. The molecule has 6 heterocycles. The SMILES string of the molecule is Clc1ccc2c(c1)CCc1cccnc1C2N1CCN(CCCc2cnc[nH]2)CC1.O=C(CCc1cnc[nH]1)N1CCN(C2c3ccc(Cl)cc3CCc3cccnc32)CC1. The number of hydrogen-bond acceptors (Lipinski definition) is 8. The summed E-state index contributed by atoms with van der Waals surface area (Å²) in [5.41, 5.74) is 12.6. The lowest BCUT2D eigenvalue weighted by molar-refractivity contribution is -0.133. The van der Waals surface area contributed by atoms with E-state index in [-0.39, 0.29) is 18.0 Å². The first-order valence-corrected chi connectivity index (χ1v) is 22.6. The van der Waals surface area contributed by atoms with Crippen LogP contribution in [0, 0.1) is 0 Å². The van der Waals surface area contributed by atoms with E-state index in [0.29, 0.717) is 12.8 Å². The second-order valence-corrected chi connectivity index (χ2v) is 17.5. The number of rotatable bonds is 9.